The Morgan fingerprint density at radius 1 is 1.32 bits per heavy atom. The molecule has 1 heterocycles. The van der Waals surface area contributed by atoms with Crippen molar-refractivity contribution in [2.75, 3.05) is 46.9 Å². The summed E-state index contributed by atoms with van der Waals surface area (Å²) in [4.78, 5) is 4.63. The highest BCUT2D eigenvalue weighted by atomic mass is 19.1. The van der Waals surface area contributed by atoms with Gasteiger partial charge in [-0.05, 0) is 24.7 Å². The molecule has 1 saturated heterocycles. The van der Waals surface area contributed by atoms with E-state index < -0.39 is 0 Å². The molecule has 1 atom stereocenters. The van der Waals surface area contributed by atoms with E-state index in [1.165, 1.54) is 13.2 Å². The molecule has 1 unspecified atom stereocenters. The van der Waals surface area contributed by atoms with Gasteiger partial charge in [0.2, 0.25) is 0 Å². The molecule has 0 saturated carbocycles. The first-order valence-corrected chi connectivity index (χ1v) is 6.60. The predicted octanol–water partition coefficient (Wildman–Crippen LogP) is 1.08. The number of nitrogens with zero attached hydrogens (tertiary/aromatic N) is 2. The van der Waals surface area contributed by atoms with Crippen molar-refractivity contribution in [2.45, 2.75) is 6.04 Å². The Bertz CT molecular complexity index is 419. The number of methoxy groups -OCH3 is 1. The highest BCUT2D eigenvalue weighted by Crippen LogP contribution is 2.21. The first kappa shape index (κ1) is 14.2. The van der Waals surface area contributed by atoms with E-state index >= 15 is 0 Å². The Morgan fingerprint density at radius 2 is 2.00 bits per heavy atom. The summed E-state index contributed by atoms with van der Waals surface area (Å²) in [5.74, 6) is -0.0932. The summed E-state index contributed by atoms with van der Waals surface area (Å²) in [6, 6.07) is 4.78. The highest BCUT2D eigenvalue weighted by molar-refractivity contribution is 5.31. The van der Waals surface area contributed by atoms with Crippen LogP contribution in [0.1, 0.15) is 11.6 Å². The molecule has 1 aromatic rings. The molecule has 0 spiro atoms. The van der Waals surface area contributed by atoms with Crippen LogP contribution in [0.5, 0.6) is 5.75 Å². The van der Waals surface area contributed by atoms with Crippen LogP contribution in [0.15, 0.2) is 18.2 Å². The standard InChI is InChI=1S/C14H22FN3O/c1-17-5-7-18(8-6-17)10-13(16)11-3-4-14(19-2)12(15)9-11/h3-4,9,13H,5-8,10,16H2,1-2H3. The summed E-state index contributed by atoms with van der Waals surface area (Å²) >= 11 is 0. The number of hydrogen-bond donors (Lipinski definition) is 1. The van der Waals surface area contributed by atoms with Crippen molar-refractivity contribution in [1.82, 2.24) is 9.80 Å². The minimum Gasteiger partial charge on any atom is -0.494 e. The lowest BCUT2D eigenvalue weighted by Gasteiger charge is -2.33. The molecule has 0 aromatic heterocycles. The third kappa shape index (κ3) is 3.65. The fourth-order valence-electron chi connectivity index (χ4n) is 2.33. The van der Waals surface area contributed by atoms with E-state index in [2.05, 4.69) is 16.8 Å². The van der Waals surface area contributed by atoms with Gasteiger partial charge in [-0.3, -0.25) is 4.90 Å². The van der Waals surface area contributed by atoms with Crippen LogP contribution in [0.25, 0.3) is 0 Å². The zero-order valence-corrected chi connectivity index (χ0v) is 11.6. The number of halogens is 1. The second-order valence-electron chi connectivity index (χ2n) is 5.10. The van der Waals surface area contributed by atoms with Crippen LogP contribution < -0.4 is 10.5 Å². The fraction of sp³-hybridized carbons (Fsp3) is 0.571. The number of ether oxygens (including phenoxy) is 1. The van der Waals surface area contributed by atoms with Gasteiger partial charge in [0.25, 0.3) is 0 Å². The molecule has 2 rings (SSSR count). The number of rotatable bonds is 4. The van der Waals surface area contributed by atoms with Crippen LogP contribution in [0, 0.1) is 5.82 Å². The molecule has 4 nitrogen and oxygen atoms in total. The van der Waals surface area contributed by atoms with Gasteiger partial charge < -0.3 is 15.4 Å². The minimum atomic E-state index is -0.353. The van der Waals surface area contributed by atoms with Crippen molar-refractivity contribution in [1.29, 1.82) is 0 Å². The zero-order chi connectivity index (χ0) is 13.8. The van der Waals surface area contributed by atoms with Crippen LogP contribution in [0.2, 0.25) is 0 Å². The maximum Gasteiger partial charge on any atom is 0.165 e. The molecule has 5 heteroatoms. The minimum absolute atomic E-state index is 0.163. The van der Waals surface area contributed by atoms with E-state index in [1.54, 1.807) is 6.07 Å². The van der Waals surface area contributed by atoms with E-state index in [-0.39, 0.29) is 17.6 Å². The van der Waals surface area contributed by atoms with Gasteiger partial charge in [-0.25, -0.2) is 4.39 Å². The maximum atomic E-state index is 13.6. The molecule has 106 valence electrons. The van der Waals surface area contributed by atoms with Gasteiger partial charge in [-0.1, -0.05) is 6.07 Å². The summed E-state index contributed by atoms with van der Waals surface area (Å²) in [6.45, 7) is 4.92. The van der Waals surface area contributed by atoms with Crippen molar-refractivity contribution >= 4 is 0 Å². The summed E-state index contributed by atoms with van der Waals surface area (Å²) < 4.78 is 18.5. The molecular weight excluding hydrogens is 245 g/mol. The van der Waals surface area contributed by atoms with Gasteiger partial charge in [0.05, 0.1) is 7.11 Å². The second-order valence-corrected chi connectivity index (χ2v) is 5.10. The molecule has 1 fully saturated rings. The van der Waals surface area contributed by atoms with Gasteiger partial charge in [-0.15, -0.1) is 0 Å². The van der Waals surface area contributed by atoms with Gasteiger partial charge >= 0.3 is 0 Å². The Morgan fingerprint density at radius 3 is 2.58 bits per heavy atom. The summed E-state index contributed by atoms with van der Waals surface area (Å²) in [5.41, 5.74) is 6.98. The zero-order valence-electron chi connectivity index (χ0n) is 11.6. The number of nitrogens with two attached hydrogens (primary N) is 1. The number of benzene rings is 1. The topological polar surface area (TPSA) is 41.7 Å². The largest absolute Gasteiger partial charge is 0.494 e. The summed E-state index contributed by atoms with van der Waals surface area (Å²) in [6.07, 6.45) is 0. The Kier molecular flexibility index (Phi) is 4.74. The first-order chi connectivity index (χ1) is 9.10. The summed E-state index contributed by atoms with van der Waals surface area (Å²) in [5, 5.41) is 0. The number of piperazine rings is 1. The van der Waals surface area contributed by atoms with Crippen molar-refractivity contribution in [3.63, 3.8) is 0 Å². The smallest absolute Gasteiger partial charge is 0.165 e. The molecule has 0 aliphatic carbocycles. The normalized spacial score (nSPS) is 19.4. The molecule has 1 aliphatic rings. The quantitative estimate of drug-likeness (QED) is 0.886. The second kappa shape index (κ2) is 6.32. The molecule has 0 bridgehead atoms. The predicted molar refractivity (Wildman–Crippen MR) is 73.8 cm³/mol. The van der Waals surface area contributed by atoms with Gasteiger partial charge in [-0.2, -0.15) is 0 Å². The van der Waals surface area contributed by atoms with Crippen LogP contribution in [0.3, 0.4) is 0 Å². The lowest BCUT2D eigenvalue weighted by atomic mass is 10.1. The highest BCUT2D eigenvalue weighted by Gasteiger charge is 2.18. The summed E-state index contributed by atoms with van der Waals surface area (Å²) in [7, 11) is 3.58. The van der Waals surface area contributed by atoms with Crippen LogP contribution in [-0.4, -0.2) is 56.7 Å². The Hall–Kier alpha value is -1.17. The van der Waals surface area contributed by atoms with Crippen LogP contribution in [0.4, 0.5) is 4.39 Å². The fourth-order valence-corrected chi connectivity index (χ4v) is 2.33. The van der Waals surface area contributed by atoms with E-state index in [0.29, 0.717) is 0 Å². The third-order valence-corrected chi connectivity index (χ3v) is 3.65. The van der Waals surface area contributed by atoms with Crippen molar-refractivity contribution in [3.05, 3.63) is 29.6 Å². The molecule has 1 aliphatic heterocycles. The number of hydrogen-bond acceptors (Lipinski definition) is 4. The third-order valence-electron chi connectivity index (χ3n) is 3.65. The van der Waals surface area contributed by atoms with Gasteiger partial charge in [0.1, 0.15) is 0 Å². The molecule has 0 amide bonds. The molecule has 2 N–H and O–H groups in total. The molecule has 1 aromatic carbocycles. The van der Waals surface area contributed by atoms with Crippen molar-refractivity contribution in [3.8, 4) is 5.75 Å². The molecule has 19 heavy (non-hydrogen) atoms. The Labute approximate surface area is 113 Å². The van der Waals surface area contributed by atoms with E-state index in [9.17, 15) is 4.39 Å². The van der Waals surface area contributed by atoms with E-state index in [1.807, 2.05) is 6.07 Å². The van der Waals surface area contributed by atoms with Gasteiger partial charge in [0.15, 0.2) is 11.6 Å². The average molecular weight is 267 g/mol. The lowest BCUT2D eigenvalue weighted by molar-refractivity contribution is 0.147. The first-order valence-electron chi connectivity index (χ1n) is 6.60. The van der Waals surface area contributed by atoms with E-state index in [0.717, 1.165) is 38.3 Å². The van der Waals surface area contributed by atoms with Gasteiger partial charge in [0, 0.05) is 38.8 Å². The average Bonchev–Trinajstić information content (AvgIpc) is 2.41. The van der Waals surface area contributed by atoms with Crippen molar-refractivity contribution < 1.29 is 9.13 Å². The van der Waals surface area contributed by atoms with Crippen molar-refractivity contribution in [2.24, 2.45) is 5.73 Å². The number of likely N-dealkylation sites (N-methyl/N-ethyl adjacent to an activating group) is 1. The SMILES string of the molecule is COc1ccc(C(N)CN2CCN(C)CC2)cc1F. The van der Waals surface area contributed by atoms with Crippen LogP contribution in [-0.2, 0) is 0 Å². The van der Waals surface area contributed by atoms with Crippen LogP contribution >= 0.6 is 0 Å². The molecule has 0 radical (unpaired) electrons. The molecular formula is C14H22FN3O. The Balaban J connectivity index is 1.96. The van der Waals surface area contributed by atoms with E-state index in [4.69, 9.17) is 10.5 Å². The maximum absolute atomic E-state index is 13.6. The lowest BCUT2D eigenvalue weighted by Crippen LogP contribution is -2.46. The monoisotopic (exact) mass is 267 g/mol.